The average Bonchev–Trinajstić information content (AvgIpc) is 1.61. The van der Waals surface area contributed by atoms with E-state index in [1.165, 1.54) is 35.1 Å². The summed E-state index contributed by atoms with van der Waals surface area (Å²) in [4.78, 5) is 237. The Balaban J connectivity index is 0.0000202. The number of amides is 9. The summed E-state index contributed by atoms with van der Waals surface area (Å²) >= 11 is 0. The quantitative estimate of drug-likeness (QED) is 0.0188. The molecule has 21 N–H and O–H groups in total. The first-order chi connectivity index (χ1) is 53.8. The van der Waals surface area contributed by atoms with Gasteiger partial charge in [0.2, 0.25) is 41.4 Å². The molecule has 9 amide bonds. The number of aromatic amines is 1. The number of fused-ring (bicyclic) bond motifs is 12. The number of carboxylic acid groups (broad SMARTS) is 2. The summed E-state index contributed by atoms with van der Waals surface area (Å²) in [5.74, 6) is -24.4. The van der Waals surface area contributed by atoms with E-state index in [2.05, 4.69) is 52.2 Å². The van der Waals surface area contributed by atoms with Gasteiger partial charge in [0.05, 0.1) is 72.7 Å². The van der Waals surface area contributed by atoms with E-state index in [-0.39, 0.29) is 127 Å². The number of nitrogens with two attached hydrogens (primary N) is 5. The molecule has 13 atom stereocenters. The van der Waals surface area contributed by atoms with Crippen LogP contribution in [0.5, 0.6) is 5.75 Å². The molecule has 0 aliphatic carbocycles. The number of hydrogen-bond acceptors (Lipinski definition) is 24. The van der Waals surface area contributed by atoms with E-state index in [1.54, 1.807) is 30.5 Å². The zero-order chi connectivity index (χ0) is 82.6. The van der Waals surface area contributed by atoms with Crippen LogP contribution in [0, 0.1) is 35.5 Å². The Morgan fingerprint density at radius 3 is 2.04 bits per heavy atom. The number of H-pyrrole nitrogens is 1. The van der Waals surface area contributed by atoms with Crippen LogP contribution in [0.1, 0.15) is 140 Å². The molecule has 4 aromatic rings. The van der Waals surface area contributed by atoms with Gasteiger partial charge in [0, 0.05) is 137 Å². The number of Topliss-reactive ketones (excluding diaryl/α,β-unsaturated/α-hetero) is 6. The van der Waals surface area contributed by atoms with E-state index in [1.807, 2.05) is 0 Å². The van der Waals surface area contributed by atoms with Gasteiger partial charge >= 0.3 is 18.0 Å². The van der Waals surface area contributed by atoms with Crippen LogP contribution in [0.4, 0.5) is 4.79 Å². The van der Waals surface area contributed by atoms with Crippen LogP contribution < -0.4 is 60.6 Å². The number of aryl methyl sites for hydroxylation is 1. The number of carbonyl (C=O) groups is 16. The number of aliphatic carboxylic acids is 2. The van der Waals surface area contributed by atoms with Gasteiger partial charge in [-0.2, -0.15) is 0 Å². The predicted molar refractivity (Wildman–Crippen MR) is 417 cm³/mol. The van der Waals surface area contributed by atoms with E-state index < -0.39 is 243 Å². The normalized spacial score (nSPS) is 24.0. The highest BCUT2D eigenvalue weighted by Gasteiger charge is 2.43. The van der Waals surface area contributed by atoms with Crippen molar-refractivity contribution in [1.82, 2.24) is 56.8 Å². The van der Waals surface area contributed by atoms with Gasteiger partial charge in [-0.1, -0.05) is 64.6 Å². The monoisotopic (exact) mass is 1630 g/mol. The van der Waals surface area contributed by atoms with Crippen molar-refractivity contribution in [3.63, 3.8) is 0 Å². The molecule has 4 bridgehead atoms. The number of rotatable bonds is 24. The van der Waals surface area contributed by atoms with Crippen LogP contribution in [0.25, 0.3) is 10.9 Å². The molecule has 2 aromatic carbocycles. The SMILES string of the molecule is C.C[C@@H](O)[C@@H]1NC(=O)[C@H]2CC(=O)[C@@H](NC(=O)CN)CSSC[C@H](NC(=O)[C@H](CCCN=C(N)N)CC(=O)[C@@H]3CCCN3C(=O)[C@H](CC(=O)O)CC1=O)C(=O)C[C@@H](CCCNC(N)=O)C(=O)N[C@@H](Cc1c[nH]c3ccccc13)C(=O)C[C@@H](CCC(N)=O)C(=O)N[C@H](C(=O)C[C@@H](Cc1ccc(O)cc1)C(=O)O)CCCn1cc(nn1)C2. The standard InChI is InChI=1S/C74H101N17O20S2.CH4/c1-39(92)66-62(99)31-45(33-65(102)103)71(108)91-23-7-13-56(91)61(98)29-42(8-4-20-80-73(77)78)68(105)86-55-38-113-112-37-54(83-64(101)34-75)60(97)30-44(70(107)87-66)25-48-36-90(89-88-48)22-6-12-52(57(94)32-46(72(109)110)24-40-14-17-49(93)18-15-40)84-69(106)43(16-19-63(76)100)28-58(95)53(26-47-35-82-51-11-3-2-10-50(47)51)85-67(104)41(27-59(55)96)9-5-21-81-74(79)111;/h2-3,10-11,14-15,17-18,35-36,39,41-46,52-56,66,82,92-93H,4-9,12-13,16,19-34,37-38,75H2,1H3,(H2,76,100)(H,83,101)(H,84,106)(H,85,104)(H,86,105)(H,87,107)(H,102,103)(H,109,110)(H4,77,78,80)(H3,79,81,111);1H4/t39-,41-,42-,43-,44-,45+,46-,52+,53+,54+,55+,56+,66+;/m1./s1. The largest absolute Gasteiger partial charge is 0.508 e. The first-order valence-corrected chi connectivity index (χ1v) is 39.9. The van der Waals surface area contributed by atoms with E-state index in [4.69, 9.17) is 28.7 Å². The van der Waals surface area contributed by atoms with Crippen LogP contribution >= 0.6 is 21.6 Å². The van der Waals surface area contributed by atoms with Crippen molar-refractivity contribution < 1.29 is 97.1 Å². The number of carboxylic acids is 2. The molecule has 2 fully saturated rings. The Labute approximate surface area is 665 Å². The molecular weight excluding hydrogens is 1520 g/mol. The van der Waals surface area contributed by atoms with Crippen molar-refractivity contribution in [3.8, 4) is 5.75 Å². The highest BCUT2D eigenvalue weighted by Crippen LogP contribution is 2.31. The number of primary amides is 2. The number of hydrogen-bond donors (Lipinski definition) is 16. The summed E-state index contributed by atoms with van der Waals surface area (Å²) in [6.07, 6.45) is -6.32. The van der Waals surface area contributed by atoms with Gasteiger partial charge in [0.1, 0.15) is 11.8 Å². The number of aromatic nitrogens is 4. The summed E-state index contributed by atoms with van der Waals surface area (Å²) in [6, 6.07) is 2.33. The number of benzene rings is 2. The number of aliphatic hydroxyl groups excluding tert-OH is 1. The lowest BCUT2D eigenvalue weighted by Gasteiger charge is -2.30. The topological polar surface area (TPSA) is 618 Å². The van der Waals surface area contributed by atoms with Gasteiger partial charge in [-0.05, 0) is 100 Å². The molecule has 3 aliphatic heterocycles. The lowest BCUT2D eigenvalue weighted by atomic mass is 9.88. The minimum absolute atomic E-state index is 0. The fourth-order valence-electron chi connectivity index (χ4n) is 14.0. The number of ketones is 6. The van der Waals surface area contributed by atoms with Crippen molar-refractivity contribution in [2.75, 3.05) is 37.7 Å². The number of nitrogens with zero attached hydrogens (tertiary/aromatic N) is 5. The minimum Gasteiger partial charge on any atom is -0.508 e. The Morgan fingerprint density at radius 1 is 0.711 bits per heavy atom. The van der Waals surface area contributed by atoms with Crippen molar-refractivity contribution >= 4 is 132 Å². The molecule has 37 nitrogen and oxygen atoms in total. The molecule has 0 spiro atoms. The first kappa shape index (κ1) is 92.2. The lowest BCUT2D eigenvalue weighted by Crippen LogP contribution is -2.52. The number of nitrogens with one attached hydrogen (secondary N) is 7. The van der Waals surface area contributed by atoms with Gasteiger partial charge in [0.15, 0.2) is 40.7 Å². The first-order valence-electron chi connectivity index (χ1n) is 37.4. The molecule has 7 rings (SSSR count). The zero-order valence-corrected chi connectivity index (χ0v) is 64.3. The van der Waals surface area contributed by atoms with Crippen molar-refractivity contribution in [1.29, 1.82) is 0 Å². The Bertz CT molecular complexity index is 4130. The molecule has 0 saturated carbocycles. The maximum Gasteiger partial charge on any atom is 0.312 e. The maximum absolute atomic E-state index is 15.5. The van der Waals surface area contributed by atoms with Gasteiger partial charge < -0.3 is 90.9 Å². The Kier molecular flexibility index (Phi) is 36.6. The third-order valence-corrected chi connectivity index (χ3v) is 22.5. The fourth-order valence-corrected chi connectivity index (χ4v) is 16.4. The van der Waals surface area contributed by atoms with Crippen LogP contribution in [0.3, 0.4) is 0 Å². The molecule has 39 heteroatoms. The molecule has 5 heterocycles. The van der Waals surface area contributed by atoms with Gasteiger partial charge in [-0.3, -0.25) is 81.6 Å². The van der Waals surface area contributed by atoms with E-state index in [0.717, 1.165) is 33.4 Å². The highest BCUT2D eigenvalue weighted by molar-refractivity contribution is 8.76. The van der Waals surface area contributed by atoms with Crippen LogP contribution in [0.2, 0.25) is 0 Å². The maximum atomic E-state index is 15.5. The van der Waals surface area contributed by atoms with Crippen molar-refractivity contribution in [2.24, 2.45) is 69.2 Å². The summed E-state index contributed by atoms with van der Waals surface area (Å²) < 4.78 is 1.28. The predicted octanol–water partition coefficient (Wildman–Crippen LogP) is -0.148. The van der Waals surface area contributed by atoms with Crippen LogP contribution in [-0.2, 0) is 97.7 Å². The number of guanidine groups is 1. The van der Waals surface area contributed by atoms with E-state index in [9.17, 15) is 73.2 Å². The fraction of sp³-hybridized carbons (Fsp3) is 0.560. The van der Waals surface area contributed by atoms with Crippen LogP contribution in [-0.4, -0.2) is 225 Å². The van der Waals surface area contributed by atoms with Gasteiger partial charge in [-0.15, -0.1) is 5.10 Å². The number of aliphatic imine (C=N–C) groups is 1. The minimum atomic E-state index is -1.88. The number of phenolic OH excluding ortho intramolecular Hbond substituents is 1. The summed E-state index contributed by atoms with van der Waals surface area (Å²) in [6.45, 7) is 0.0922. The smallest absolute Gasteiger partial charge is 0.312 e. The zero-order valence-electron chi connectivity index (χ0n) is 62.6. The molecule has 0 radical (unpaired) electrons. The second kappa shape index (κ2) is 45.3. The Morgan fingerprint density at radius 2 is 1.36 bits per heavy atom. The number of phenols is 1. The second-order valence-corrected chi connectivity index (χ2v) is 31.3. The third-order valence-electron chi connectivity index (χ3n) is 20.1. The van der Waals surface area contributed by atoms with Crippen molar-refractivity contribution in [2.45, 2.75) is 192 Å². The molecule has 2 saturated heterocycles. The number of carbonyl (C=O) groups excluding carboxylic acids is 14. The lowest BCUT2D eigenvalue weighted by molar-refractivity contribution is -0.148. The van der Waals surface area contributed by atoms with Gasteiger partial charge in [0.25, 0.3) is 0 Å². The number of para-hydroxylation sites is 1. The third kappa shape index (κ3) is 28.8. The Hall–Kier alpha value is -10.7. The second-order valence-electron chi connectivity index (χ2n) is 28.8. The summed E-state index contributed by atoms with van der Waals surface area (Å²) in [7, 11) is 1.83. The summed E-state index contributed by atoms with van der Waals surface area (Å²) in [5.41, 5.74) is 29.7. The molecule has 3 aliphatic rings. The molecule has 622 valence electrons. The average molecular weight is 1630 g/mol. The number of urea groups is 1. The van der Waals surface area contributed by atoms with Crippen molar-refractivity contribution in [3.05, 3.63) is 77.7 Å². The number of aromatic hydroxyl groups is 1. The molecule has 0 unspecified atom stereocenters. The number of aliphatic hydroxyl groups is 1. The molecule has 114 heavy (non-hydrogen) atoms. The van der Waals surface area contributed by atoms with E-state index in [0.29, 0.717) is 22.0 Å². The summed E-state index contributed by atoms with van der Waals surface area (Å²) in [5, 5.41) is 66.8. The van der Waals surface area contributed by atoms with Gasteiger partial charge in [-0.25, -0.2) is 4.79 Å². The van der Waals surface area contributed by atoms with Crippen LogP contribution in [0.15, 0.2) is 65.9 Å². The highest BCUT2D eigenvalue weighted by atomic mass is 33.1. The van der Waals surface area contributed by atoms with E-state index >= 15 is 24.0 Å². The molecule has 2 aromatic heterocycles. The molecular formula is C75H105N17O20S2.